The van der Waals surface area contributed by atoms with Gasteiger partial charge in [0.05, 0.1) is 46.2 Å². The normalized spacial score (nSPS) is 12.8. The van der Waals surface area contributed by atoms with Gasteiger partial charge in [0.2, 0.25) is 0 Å². The third-order valence-corrected chi connectivity index (χ3v) is 9.54. The summed E-state index contributed by atoms with van der Waals surface area (Å²) in [4.78, 5) is 56.5. The summed E-state index contributed by atoms with van der Waals surface area (Å²) in [5.41, 5.74) is 3.80. The number of rotatable bonds is 8. The van der Waals surface area contributed by atoms with E-state index in [0.717, 1.165) is 22.1 Å². The third kappa shape index (κ3) is 33.8. The summed E-state index contributed by atoms with van der Waals surface area (Å²) in [6.45, 7) is 0. The van der Waals surface area contributed by atoms with Crippen LogP contribution in [0.2, 0.25) is 10.0 Å². The van der Waals surface area contributed by atoms with Crippen LogP contribution in [0.1, 0.15) is 11.4 Å². The molecule has 0 N–H and O–H groups in total. The van der Waals surface area contributed by atoms with E-state index >= 15 is 0 Å². The van der Waals surface area contributed by atoms with E-state index in [2.05, 4.69) is 20.0 Å². The van der Waals surface area contributed by atoms with Crippen LogP contribution in [-0.2, 0) is 19.2 Å². The van der Waals surface area contributed by atoms with E-state index in [0.29, 0.717) is 32.5 Å². The van der Waals surface area contributed by atoms with Gasteiger partial charge in [-0.15, -0.1) is 0 Å². The van der Waals surface area contributed by atoms with Crippen molar-refractivity contribution < 1.29 is 229 Å². The second-order valence-corrected chi connectivity index (χ2v) is 16.9. The summed E-state index contributed by atoms with van der Waals surface area (Å²) in [5, 5.41) is 65.7. The molecule has 42 heteroatoms. The Kier molecular flexibility index (Phi) is 35.2. The Morgan fingerprint density at radius 2 is 0.564 bits per heavy atom. The molecular weight excluding hydrogens is 1720 g/mol. The van der Waals surface area contributed by atoms with Crippen LogP contribution in [0.3, 0.4) is 0 Å². The first-order valence-corrected chi connectivity index (χ1v) is 23.4. The van der Waals surface area contributed by atoms with E-state index < -0.39 is 120 Å². The first kappa shape index (κ1) is 88.9. The number of fused-ring (bicyclic) bond motifs is 2. The first-order valence-electron chi connectivity index (χ1n) is 22.7. The summed E-state index contributed by atoms with van der Waals surface area (Å²) in [6.07, 6.45) is -44.5. The zero-order valence-corrected chi connectivity index (χ0v) is 48.9. The number of allylic oxidation sites excluding steroid dienone is 8. The number of carbonyl (C=O) groups is 4. The summed E-state index contributed by atoms with van der Waals surface area (Å²) in [6, 6.07) is 32.0. The molecule has 0 saturated heterocycles. The van der Waals surface area contributed by atoms with Crippen LogP contribution in [0.15, 0.2) is 167 Å². The number of carbonyl (C=O) groups excluding carboxylic acids is 4. The summed E-state index contributed by atoms with van der Waals surface area (Å²) < 4.78 is 271. The van der Waals surface area contributed by atoms with Gasteiger partial charge in [0, 0.05) is 10.0 Å². The van der Waals surface area contributed by atoms with Crippen LogP contribution >= 0.6 is 23.2 Å². The predicted molar refractivity (Wildman–Crippen MR) is 261 cm³/mol. The molecule has 0 spiro atoms. The van der Waals surface area contributed by atoms with Crippen LogP contribution in [0, 0.1) is 73.7 Å². The largest absolute Gasteiger partial charge is 3.00 e. The molecule has 6 rings (SSSR count). The summed E-state index contributed by atoms with van der Waals surface area (Å²) in [7, 11) is 0. The topological polar surface area (TPSA) is 257 Å². The molecule has 0 aliphatic carbocycles. The monoisotopic (exact) mass is 1740 g/mol. The maximum Gasteiger partial charge on any atom is 3.00 e. The minimum atomic E-state index is -5.46. The number of nitrogens with zero attached hydrogens (tertiary/aromatic N) is 4. The fourth-order valence-corrected chi connectivity index (χ4v) is 5.13. The molecule has 0 fully saturated rings. The Hall–Kier alpha value is -7.15. The van der Waals surface area contributed by atoms with Crippen molar-refractivity contribution in [2.75, 3.05) is 0 Å². The maximum atomic E-state index is 11.7. The molecule has 94 heavy (non-hydrogen) atoms. The maximum absolute atomic E-state index is 11.7. The molecule has 524 valence electrons. The SMILES string of the molecule is O=C(/C=C(\[O-])C(F)(F)F)C(F)(F)F.O=C(/C=C(\[O-])C(F)(F)F)C(F)(F)F.O=C(/C=C(\[O-])C(F)(F)F)C(F)(F)F.O=C(/C=C(\[O-])C(F)(F)F)C(F)(F)F.[Lu+3].[Lu+3].[O-]c1cccc2ccc(C=Nc3ccc(Cl)cc3)nc12.[O-]c1cccc2ccc(C=Nc3ccc(Cl)cc3)nc12. The van der Waals surface area contributed by atoms with Gasteiger partial charge in [0.15, 0.2) is 0 Å². The molecular formula is C52H24Cl2F24Lu2N4O10. The Labute approximate surface area is 575 Å². The van der Waals surface area contributed by atoms with E-state index in [4.69, 9.17) is 23.2 Å². The minimum Gasteiger partial charge on any atom is -0.871 e. The molecule has 0 bridgehead atoms. The first-order chi connectivity index (χ1) is 41.6. The molecule has 0 saturated carbocycles. The van der Waals surface area contributed by atoms with E-state index in [-0.39, 0.29) is 85.2 Å². The molecule has 6 aromatic rings. The van der Waals surface area contributed by atoms with Gasteiger partial charge < -0.3 is 30.6 Å². The predicted octanol–water partition coefficient (Wildman–Crippen LogP) is 11.1. The smallest absolute Gasteiger partial charge is 0.871 e. The molecule has 4 aromatic carbocycles. The van der Waals surface area contributed by atoms with Gasteiger partial charge in [-0.25, -0.2) is 9.97 Å². The van der Waals surface area contributed by atoms with Gasteiger partial charge in [-0.2, -0.15) is 105 Å². The number of hydrogen-bond acceptors (Lipinski definition) is 14. The molecule has 0 aliphatic rings. The molecule has 0 aliphatic heterocycles. The molecule has 2 aromatic heterocycles. The Balaban J connectivity index is 0. The third-order valence-electron chi connectivity index (χ3n) is 9.04. The van der Waals surface area contributed by atoms with E-state index in [1.54, 1.807) is 48.8 Å². The Morgan fingerprint density at radius 1 is 0.340 bits per heavy atom. The van der Waals surface area contributed by atoms with Crippen molar-refractivity contribution in [3.8, 4) is 11.5 Å². The summed E-state index contributed by atoms with van der Waals surface area (Å²) >= 11 is 11.6. The fourth-order valence-electron chi connectivity index (χ4n) is 4.88. The average Bonchev–Trinajstić information content (AvgIpc) is 0.837. The second-order valence-electron chi connectivity index (χ2n) is 16.1. The van der Waals surface area contributed by atoms with Gasteiger partial charge in [-0.3, -0.25) is 29.2 Å². The standard InChI is InChI=1S/2C16H11ClN2O.4C5H2F6O2.2Lu/c2*17-12-5-8-13(9-6-12)18-10-14-7-4-11-2-1-3-15(20)16(11)19-14;4*6-4(7,8)2(12)1-3(13)5(9,10)11;;/h2*1-10,20H;4*1,12H;;/q;;;;;;2*+3/p-6/b;;4*2-1-;;. The van der Waals surface area contributed by atoms with Crippen LogP contribution < -0.4 is 30.6 Å². The van der Waals surface area contributed by atoms with Gasteiger partial charge >= 0.3 is 123 Å². The number of aliphatic imine (C=N–C) groups is 2. The van der Waals surface area contributed by atoms with Crippen molar-refractivity contribution >= 4 is 91.9 Å². The Bertz CT molecular complexity index is 3370. The zero-order valence-electron chi connectivity index (χ0n) is 44.1. The zero-order chi connectivity index (χ0) is 71.3. The molecule has 14 nitrogen and oxygen atoms in total. The number of pyridine rings is 2. The number of para-hydroxylation sites is 2. The number of halogens is 26. The van der Waals surface area contributed by atoms with Crippen molar-refractivity contribution in [3.05, 3.63) is 178 Å². The minimum absolute atomic E-state index is 0. The number of hydrogen-bond donors (Lipinski definition) is 0. The number of ketones is 4. The van der Waals surface area contributed by atoms with Crippen molar-refractivity contribution in [1.29, 1.82) is 0 Å². The quantitative estimate of drug-likeness (QED) is 0.0596. The van der Waals surface area contributed by atoms with Gasteiger partial charge in [0.25, 0.3) is 23.1 Å². The molecule has 0 radical (unpaired) electrons. The van der Waals surface area contributed by atoms with Crippen LogP contribution in [0.4, 0.5) is 117 Å². The van der Waals surface area contributed by atoms with E-state index in [9.17, 15) is 155 Å². The molecule has 0 unspecified atom stereocenters. The van der Waals surface area contributed by atoms with Crippen molar-refractivity contribution in [1.82, 2.24) is 9.97 Å². The van der Waals surface area contributed by atoms with Crippen LogP contribution in [0.5, 0.6) is 11.5 Å². The summed E-state index contributed by atoms with van der Waals surface area (Å²) in [5.74, 6) is -22.8. The van der Waals surface area contributed by atoms with Crippen LogP contribution in [-0.4, -0.2) is 94.9 Å². The van der Waals surface area contributed by atoms with Crippen molar-refractivity contribution in [3.63, 3.8) is 0 Å². The van der Waals surface area contributed by atoms with Gasteiger partial charge in [-0.05, 0) is 119 Å². The number of aromatic nitrogens is 2. The second kappa shape index (κ2) is 37.2. The van der Waals surface area contributed by atoms with Gasteiger partial charge in [0.1, 0.15) is 0 Å². The fraction of sp³-hybridized carbons (Fsp3) is 0.154. The molecule has 0 amide bonds. The number of benzene rings is 4. The molecule has 2 heterocycles. The molecule has 0 atom stereocenters. The van der Waals surface area contributed by atoms with Crippen molar-refractivity contribution in [2.45, 2.75) is 49.4 Å². The van der Waals surface area contributed by atoms with Crippen molar-refractivity contribution in [2.24, 2.45) is 9.98 Å². The average molecular weight is 1740 g/mol. The van der Waals surface area contributed by atoms with E-state index in [1.807, 2.05) is 60.7 Å². The van der Waals surface area contributed by atoms with Crippen LogP contribution in [0.25, 0.3) is 21.8 Å². The van der Waals surface area contributed by atoms with E-state index in [1.165, 1.54) is 12.1 Å². The number of alkyl halides is 24. The Morgan fingerprint density at radius 3 is 0.766 bits per heavy atom. The van der Waals surface area contributed by atoms with Gasteiger partial charge in [-0.1, -0.05) is 83.2 Å².